The van der Waals surface area contributed by atoms with Crippen molar-refractivity contribution in [3.8, 4) is 23.0 Å². The van der Waals surface area contributed by atoms with E-state index >= 15 is 0 Å². The first-order valence-electron chi connectivity index (χ1n) is 10.2. The van der Waals surface area contributed by atoms with Gasteiger partial charge in [-0.25, -0.2) is 0 Å². The molecule has 0 radical (unpaired) electrons. The lowest BCUT2D eigenvalue weighted by Crippen LogP contribution is -2.43. The molecule has 6 nitrogen and oxygen atoms in total. The Bertz CT molecular complexity index is 998. The summed E-state index contributed by atoms with van der Waals surface area (Å²) in [5, 5.41) is 0.0975. The number of hydrogen-bond acceptors (Lipinski definition) is 6. The minimum Gasteiger partial charge on any atom is -0.543 e. The van der Waals surface area contributed by atoms with Gasteiger partial charge in [0.15, 0.2) is 17.3 Å². The van der Waals surface area contributed by atoms with Crippen molar-refractivity contribution in [1.82, 2.24) is 0 Å². The molecule has 1 heterocycles. The number of fused-ring (bicyclic) bond motifs is 1. The summed E-state index contributed by atoms with van der Waals surface area (Å²) in [5.74, 6) is 1.58. The Morgan fingerprint density at radius 3 is 2.10 bits per heavy atom. The van der Waals surface area contributed by atoms with E-state index in [1.807, 2.05) is 18.2 Å². The van der Waals surface area contributed by atoms with Gasteiger partial charge in [0.1, 0.15) is 5.75 Å². The topological polar surface area (TPSA) is 66.4 Å². The minimum atomic E-state index is -1.96. The number of ether oxygens (including phenoxy) is 3. The van der Waals surface area contributed by atoms with E-state index in [9.17, 15) is 4.79 Å². The molecule has 0 N–H and O–H groups in total. The maximum Gasteiger partial charge on any atom is 0.250 e. The van der Waals surface area contributed by atoms with Crippen LogP contribution in [0.5, 0.6) is 23.0 Å². The highest BCUT2D eigenvalue weighted by Gasteiger charge is 2.39. The van der Waals surface area contributed by atoms with E-state index in [0.717, 1.165) is 17.0 Å². The number of rotatable bonds is 7. The van der Waals surface area contributed by atoms with Crippen LogP contribution in [0.1, 0.15) is 42.6 Å². The van der Waals surface area contributed by atoms with Gasteiger partial charge >= 0.3 is 0 Å². The molecule has 1 aliphatic rings. The Morgan fingerprint density at radius 1 is 0.968 bits per heavy atom. The predicted octanol–water partition coefficient (Wildman–Crippen LogP) is 5.78. The number of Topliss-reactive ketones (excluding diaryl/α,β-unsaturated/α-hetero) is 1. The predicted molar refractivity (Wildman–Crippen MR) is 126 cm³/mol. The van der Waals surface area contributed by atoms with Crippen LogP contribution >= 0.6 is 0 Å². The average molecular weight is 442 g/mol. The van der Waals surface area contributed by atoms with Gasteiger partial charge in [-0.1, -0.05) is 26.8 Å². The summed E-state index contributed by atoms with van der Waals surface area (Å²) in [4.78, 5) is 17.8. The fourth-order valence-electron chi connectivity index (χ4n) is 3.26. The number of nitrogens with zero attached hydrogens (tertiary/aromatic N) is 1. The molecule has 0 spiro atoms. The Morgan fingerprint density at radius 2 is 1.58 bits per heavy atom. The third-order valence-electron chi connectivity index (χ3n) is 6.11. The van der Waals surface area contributed by atoms with E-state index in [2.05, 4.69) is 38.9 Å². The summed E-state index contributed by atoms with van der Waals surface area (Å²) in [6.07, 6.45) is 1.69. The Balaban J connectivity index is 1.90. The number of carbonyl (C=O) groups excluding carboxylic acids is 1. The van der Waals surface area contributed by atoms with Crippen LogP contribution in [-0.4, -0.2) is 41.6 Å². The number of hydrogen-bond donors (Lipinski definition) is 0. The highest BCUT2D eigenvalue weighted by Crippen LogP contribution is 2.43. The molecule has 2 aromatic rings. The van der Waals surface area contributed by atoms with Crippen molar-refractivity contribution in [2.45, 2.75) is 44.8 Å². The number of ketones is 1. The first kappa shape index (κ1) is 22.9. The Labute approximate surface area is 185 Å². The van der Waals surface area contributed by atoms with Crippen molar-refractivity contribution in [1.29, 1.82) is 0 Å². The van der Waals surface area contributed by atoms with Gasteiger partial charge in [0.25, 0.3) is 0 Å². The van der Waals surface area contributed by atoms with Crippen LogP contribution in [0.4, 0.5) is 5.69 Å². The molecular weight excluding hydrogens is 410 g/mol. The van der Waals surface area contributed by atoms with Crippen molar-refractivity contribution in [2.75, 3.05) is 21.3 Å². The fraction of sp³-hybridized carbons (Fsp3) is 0.417. The fourth-order valence-corrected chi connectivity index (χ4v) is 4.28. The molecule has 31 heavy (non-hydrogen) atoms. The Kier molecular flexibility index (Phi) is 6.18. The van der Waals surface area contributed by atoms with Crippen LogP contribution in [0.15, 0.2) is 35.3 Å². The summed E-state index contributed by atoms with van der Waals surface area (Å²) >= 11 is 0. The first-order valence-corrected chi connectivity index (χ1v) is 13.1. The average Bonchev–Trinajstić information content (AvgIpc) is 3.14. The van der Waals surface area contributed by atoms with E-state index in [0.29, 0.717) is 22.8 Å². The second kappa shape index (κ2) is 8.38. The third kappa shape index (κ3) is 4.32. The molecule has 1 unspecified atom stereocenters. The molecule has 0 amide bonds. The van der Waals surface area contributed by atoms with E-state index in [1.165, 1.54) is 21.3 Å². The van der Waals surface area contributed by atoms with Gasteiger partial charge in [-0.05, 0) is 41.9 Å². The van der Waals surface area contributed by atoms with Crippen LogP contribution in [0.2, 0.25) is 18.1 Å². The van der Waals surface area contributed by atoms with Crippen LogP contribution in [0.3, 0.4) is 0 Å². The molecule has 7 heteroatoms. The van der Waals surface area contributed by atoms with Crippen molar-refractivity contribution < 1.29 is 23.4 Å². The molecule has 0 saturated carbocycles. The van der Waals surface area contributed by atoms with Crippen LogP contribution in [-0.2, 0) is 0 Å². The number of benzene rings is 2. The van der Waals surface area contributed by atoms with E-state index in [1.54, 1.807) is 18.3 Å². The maximum atomic E-state index is 13.3. The smallest absolute Gasteiger partial charge is 0.250 e. The van der Waals surface area contributed by atoms with E-state index < -0.39 is 14.2 Å². The lowest BCUT2D eigenvalue weighted by molar-refractivity contribution is 0.0984. The molecule has 1 aliphatic heterocycles. The van der Waals surface area contributed by atoms with Gasteiger partial charge in [-0.2, -0.15) is 0 Å². The van der Waals surface area contributed by atoms with Crippen LogP contribution in [0, 0.1) is 0 Å². The number of aliphatic imine (C=N–C) groups is 1. The van der Waals surface area contributed by atoms with E-state index in [4.69, 9.17) is 18.6 Å². The van der Waals surface area contributed by atoms with Crippen LogP contribution < -0.4 is 18.6 Å². The third-order valence-corrected chi connectivity index (χ3v) is 10.5. The SMILES string of the molecule is COc1cc(C(=O)C2C=Nc3cc(O[Si](C)(C)C(C)(C)C)ccc32)cc(OC)c1OC. The quantitative estimate of drug-likeness (QED) is 0.402. The maximum absolute atomic E-state index is 13.3. The van der Waals surface area contributed by atoms with Gasteiger partial charge in [0.05, 0.1) is 32.9 Å². The molecule has 2 aromatic carbocycles. The molecule has 0 fully saturated rings. The van der Waals surface area contributed by atoms with Gasteiger partial charge in [0.2, 0.25) is 14.1 Å². The lowest BCUT2D eigenvalue weighted by Gasteiger charge is -2.36. The number of methoxy groups -OCH3 is 3. The van der Waals surface area contributed by atoms with E-state index in [-0.39, 0.29) is 10.8 Å². The largest absolute Gasteiger partial charge is 0.543 e. The molecule has 0 bridgehead atoms. The van der Waals surface area contributed by atoms with Gasteiger partial charge in [-0.15, -0.1) is 0 Å². The summed E-state index contributed by atoms with van der Waals surface area (Å²) in [6.45, 7) is 11.0. The lowest BCUT2D eigenvalue weighted by atomic mass is 9.92. The van der Waals surface area contributed by atoms with Gasteiger partial charge in [0, 0.05) is 17.8 Å². The zero-order valence-electron chi connectivity index (χ0n) is 19.5. The zero-order chi connectivity index (χ0) is 23.0. The second-order valence-corrected chi connectivity index (χ2v) is 13.8. The number of carbonyl (C=O) groups is 1. The van der Waals surface area contributed by atoms with Gasteiger partial charge in [-0.3, -0.25) is 9.79 Å². The van der Waals surface area contributed by atoms with Crippen molar-refractivity contribution in [2.24, 2.45) is 4.99 Å². The van der Waals surface area contributed by atoms with Crippen LogP contribution in [0.25, 0.3) is 0 Å². The second-order valence-electron chi connectivity index (χ2n) is 9.12. The molecule has 0 saturated heterocycles. The highest BCUT2D eigenvalue weighted by atomic mass is 28.4. The molecule has 1 atom stereocenters. The molecule has 0 aliphatic carbocycles. The summed E-state index contributed by atoms with van der Waals surface area (Å²) in [6, 6.07) is 9.14. The summed E-state index contributed by atoms with van der Waals surface area (Å²) < 4.78 is 22.5. The molecule has 166 valence electrons. The molecular formula is C24H31NO5Si. The zero-order valence-corrected chi connectivity index (χ0v) is 20.5. The molecule has 3 rings (SSSR count). The van der Waals surface area contributed by atoms with Crippen molar-refractivity contribution in [3.63, 3.8) is 0 Å². The standard InChI is InChI=1S/C24H31NO5Si/c1-24(2,3)31(7,8)30-16-9-10-17-18(14-25-19(17)13-16)22(26)15-11-20(27-4)23(29-6)21(12-15)28-5/h9-14,18H,1-8H3. The van der Waals surface area contributed by atoms with Gasteiger partial charge < -0.3 is 18.6 Å². The highest BCUT2D eigenvalue weighted by molar-refractivity contribution is 6.74. The summed E-state index contributed by atoms with van der Waals surface area (Å²) in [5.41, 5.74) is 2.10. The normalized spacial score (nSPS) is 15.4. The minimum absolute atomic E-state index is 0.0835. The first-order chi connectivity index (χ1) is 14.5. The van der Waals surface area contributed by atoms with Crippen molar-refractivity contribution in [3.05, 3.63) is 41.5 Å². The monoisotopic (exact) mass is 441 g/mol. The molecule has 0 aromatic heterocycles. The Hall–Kier alpha value is -2.80. The summed E-state index contributed by atoms with van der Waals surface area (Å²) in [7, 11) is 2.63. The van der Waals surface area contributed by atoms with Crippen molar-refractivity contribution >= 4 is 26.0 Å².